The summed E-state index contributed by atoms with van der Waals surface area (Å²) in [5.74, 6) is 2.44. The van der Waals surface area contributed by atoms with Crippen LogP contribution in [0.4, 0.5) is 0 Å². The zero-order valence-corrected chi connectivity index (χ0v) is 13.6. The first-order valence-corrected chi connectivity index (χ1v) is 8.86. The van der Waals surface area contributed by atoms with Crippen molar-refractivity contribution in [2.45, 2.75) is 44.1 Å². The SMILES string of the molecule is O=C(NC12CC3CC(CC(C3)C1)C2)c1ccccc1-n1cnnn1. The number of hydrogen-bond acceptors (Lipinski definition) is 4. The van der Waals surface area contributed by atoms with E-state index < -0.39 is 0 Å². The highest BCUT2D eigenvalue weighted by molar-refractivity contribution is 5.98. The zero-order chi connectivity index (χ0) is 16.1. The standard InChI is InChI=1S/C18H21N5O/c24-17(15-3-1-2-4-16(15)23-11-19-21-22-23)20-18-8-12-5-13(9-18)7-14(6-12)10-18/h1-4,11-14H,5-10H2,(H,20,24). The molecule has 1 aromatic carbocycles. The van der Waals surface area contributed by atoms with E-state index in [0.717, 1.165) is 42.7 Å². The van der Waals surface area contributed by atoms with Crippen molar-refractivity contribution in [1.82, 2.24) is 25.5 Å². The van der Waals surface area contributed by atoms with Gasteiger partial charge in [0.1, 0.15) is 6.33 Å². The minimum atomic E-state index is 0.00282. The molecule has 2 aromatic rings. The Morgan fingerprint density at radius 2 is 1.75 bits per heavy atom. The molecule has 0 atom stereocenters. The maximum Gasteiger partial charge on any atom is 0.253 e. The minimum Gasteiger partial charge on any atom is -0.347 e. The number of para-hydroxylation sites is 1. The molecule has 0 saturated heterocycles. The second-order valence-corrected chi connectivity index (χ2v) is 7.92. The lowest BCUT2D eigenvalue weighted by Gasteiger charge is -2.56. The predicted octanol–water partition coefficient (Wildman–Crippen LogP) is 2.36. The maximum atomic E-state index is 13.1. The lowest BCUT2D eigenvalue weighted by atomic mass is 9.53. The van der Waals surface area contributed by atoms with E-state index in [1.165, 1.54) is 25.6 Å². The fourth-order valence-electron chi connectivity index (χ4n) is 5.71. The molecule has 0 unspecified atom stereocenters. The molecular formula is C18H21N5O. The molecule has 124 valence electrons. The average molecular weight is 323 g/mol. The molecule has 1 aromatic heterocycles. The third-order valence-corrected chi connectivity index (χ3v) is 6.16. The van der Waals surface area contributed by atoms with E-state index in [-0.39, 0.29) is 11.4 Å². The summed E-state index contributed by atoms with van der Waals surface area (Å²) in [6.07, 6.45) is 9.09. The van der Waals surface area contributed by atoms with Gasteiger partial charge in [0.15, 0.2) is 0 Å². The number of amides is 1. The Balaban J connectivity index is 1.44. The molecule has 4 aliphatic rings. The molecule has 1 amide bonds. The first-order valence-electron chi connectivity index (χ1n) is 8.86. The van der Waals surface area contributed by atoms with E-state index in [1.807, 2.05) is 24.3 Å². The number of benzene rings is 1. The van der Waals surface area contributed by atoms with Gasteiger partial charge in [0, 0.05) is 5.54 Å². The van der Waals surface area contributed by atoms with Crippen molar-refractivity contribution < 1.29 is 4.79 Å². The van der Waals surface area contributed by atoms with Crippen molar-refractivity contribution in [3.8, 4) is 5.69 Å². The number of nitrogens with zero attached hydrogens (tertiary/aromatic N) is 4. The van der Waals surface area contributed by atoms with Gasteiger partial charge < -0.3 is 5.32 Å². The normalized spacial score (nSPS) is 33.6. The van der Waals surface area contributed by atoms with Crippen LogP contribution in [0.1, 0.15) is 48.9 Å². The van der Waals surface area contributed by atoms with Crippen LogP contribution >= 0.6 is 0 Å². The number of rotatable bonds is 3. The topological polar surface area (TPSA) is 72.7 Å². The summed E-state index contributed by atoms with van der Waals surface area (Å²) in [5, 5.41) is 14.7. The van der Waals surface area contributed by atoms with Gasteiger partial charge in [-0.1, -0.05) is 12.1 Å². The molecule has 4 bridgehead atoms. The average Bonchev–Trinajstić information content (AvgIpc) is 3.07. The molecule has 6 heteroatoms. The summed E-state index contributed by atoms with van der Waals surface area (Å²) in [5.41, 5.74) is 1.38. The number of nitrogens with one attached hydrogen (secondary N) is 1. The van der Waals surface area contributed by atoms with Crippen molar-refractivity contribution in [1.29, 1.82) is 0 Å². The van der Waals surface area contributed by atoms with Crippen LogP contribution in [0.15, 0.2) is 30.6 Å². The molecule has 4 saturated carbocycles. The van der Waals surface area contributed by atoms with E-state index in [4.69, 9.17) is 0 Å². The third kappa shape index (κ3) is 2.24. The highest BCUT2D eigenvalue weighted by atomic mass is 16.1. The van der Waals surface area contributed by atoms with Crippen LogP contribution in [0.5, 0.6) is 0 Å². The summed E-state index contributed by atoms with van der Waals surface area (Å²) in [4.78, 5) is 13.1. The van der Waals surface area contributed by atoms with Gasteiger partial charge in [-0.25, -0.2) is 0 Å². The number of tetrazole rings is 1. The predicted molar refractivity (Wildman–Crippen MR) is 87.5 cm³/mol. The van der Waals surface area contributed by atoms with Gasteiger partial charge in [-0.15, -0.1) is 5.10 Å². The first kappa shape index (κ1) is 14.1. The smallest absolute Gasteiger partial charge is 0.253 e. The van der Waals surface area contributed by atoms with Crippen molar-refractivity contribution in [3.05, 3.63) is 36.2 Å². The summed E-state index contributed by atoms with van der Waals surface area (Å²) < 4.78 is 1.55. The Hall–Kier alpha value is -2.24. The lowest BCUT2D eigenvalue weighted by molar-refractivity contribution is -0.0167. The Morgan fingerprint density at radius 1 is 1.08 bits per heavy atom. The molecule has 6 nitrogen and oxygen atoms in total. The van der Waals surface area contributed by atoms with Crippen LogP contribution in [0.2, 0.25) is 0 Å². The van der Waals surface area contributed by atoms with E-state index in [9.17, 15) is 4.79 Å². The van der Waals surface area contributed by atoms with Gasteiger partial charge in [0.05, 0.1) is 11.3 Å². The van der Waals surface area contributed by atoms with Crippen LogP contribution in [-0.2, 0) is 0 Å². The maximum absolute atomic E-state index is 13.1. The molecule has 1 heterocycles. The van der Waals surface area contributed by atoms with Gasteiger partial charge in [-0.2, -0.15) is 4.68 Å². The lowest BCUT2D eigenvalue weighted by Crippen LogP contribution is -2.59. The van der Waals surface area contributed by atoms with Crippen LogP contribution in [-0.4, -0.2) is 31.7 Å². The second kappa shape index (κ2) is 5.13. The molecule has 1 N–H and O–H groups in total. The molecule has 6 rings (SSSR count). The minimum absolute atomic E-state index is 0.00282. The molecule has 0 radical (unpaired) electrons. The fourth-order valence-corrected chi connectivity index (χ4v) is 5.71. The Bertz CT molecular complexity index is 734. The van der Waals surface area contributed by atoms with E-state index >= 15 is 0 Å². The summed E-state index contributed by atoms with van der Waals surface area (Å²) >= 11 is 0. The number of carbonyl (C=O) groups is 1. The van der Waals surface area contributed by atoms with Crippen LogP contribution < -0.4 is 5.32 Å². The van der Waals surface area contributed by atoms with E-state index in [2.05, 4.69) is 20.8 Å². The van der Waals surface area contributed by atoms with Crippen LogP contribution in [0.3, 0.4) is 0 Å². The summed E-state index contributed by atoms with van der Waals surface area (Å²) in [6, 6.07) is 7.53. The van der Waals surface area contributed by atoms with E-state index in [1.54, 1.807) is 4.68 Å². The highest BCUT2D eigenvalue weighted by Crippen LogP contribution is 2.55. The van der Waals surface area contributed by atoms with Gasteiger partial charge in [0.2, 0.25) is 0 Å². The molecule has 0 spiro atoms. The molecule has 4 aliphatic carbocycles. The van der Waals surface area contributed by atoms with Gasteiger partial charge >= 0.3 is 0 Å². The fraction of sp³-hybridized carbons (Fsp3) is 0.556. The third-order valence-electron chi connectivity index (χ3n) is 6.16. The molecular weight excluding hydrogens is 302 g/mol. The molecule has 24 heavy (non-hydrogen) atoms. The molecule has 4 fully saturated rings. The summed E-state index contributed by atoms with van der Waals surface area (Å²) in [6.45, 7) is 0. The Morgan fingerprint density at radius 3 is 2.38 bits per heavy atom. The van der Waals surface area contributed by atoms with Crippen LogP contribution in [0, 0.1) is 17.8 Å². The van der Waals surface area contributed by atoms with Crippen molar-refractivity contribution >= 4 is 5.91 Å². The van der Waals surface area contributed by atoms with E-state index in [0.29, 0.717) is 5.56 Å². The van der Waals surface area contributed by atoms with Crippen molar-refractivity contribution in [2.24, 2.45) is 17.8 Å². The number of aromatic nitrogens is 4. The largest absolute Gasteiger partial charge is 0.347 e. The van der Waals surface area contributed by atoms with Crippen molar-refractivity contribution in [2.75, 3.05) is 0 Å². The highest BCUT2D eigenvalue weighted by Gasteiger charge is 2.51. The quantitative estimate of drug-likeness (QED) is 0.941. The van der Waals surface area contributed by atoms with Crippen molar-refractivity contribution in [3.63, 3.8) is 0 Å². The molecule has 0 aliphatic heterocycles. The van der Waals surface area contributed by atoms with Gasteiger partial charge in [-0.3, -0.25) is 4.79 Å². The number of hydrogen-bond donors (Lipinski definition) is 1. The van der Waals surface area contributed by atoms with Gasteiger partial charge in [-0.05, 0) is 78.8 Å². The Kier molecular flexibility index (Phi) is 3.02. The number of carbonyl (C=O) groups excluding carboxylic acids is 1. The second-order valence-electron chi connectivity index (χ2n) is 7.92. The first-order chi connectivity index (χ1) is 11.7. The Labute approximate surface area is 140 Å². The van der Waals surface area contributed by atoms with Crippen LogP contribution in [0.25, 0.3) is 5.69 Å². The van der Waals surface area contributed by atoms with Gasteiger partial charge in [0.25, 0.3) is 5.91 Å². The monoisotopic (exact) mass is 323 g/mol. The summed E-state index contributed by atoms with van der Waals surface area (Å²) in [7, 11) is 0. The zero-order valence-electron chi connectivity index (χ0n) is 13.6.